The Morgan fingerprint density at radius 2 is 1.91 bits per heavy atom. The molecule has 47 heavy (non-hydrogen) atoms. The molecular formula is C33H43N3O9S2. The van der Waals surface area contributed by atoms with Crippen LogP contribution in [0.25, 0.3) is 0 Å². The van der Waals surface area contributed by atoms with E-state index in [1.165, 1.54) is 22.5 Å². The molecule has 2 aliphatic heterocycles. The predicted octanol–water partition coefficient (Wildman–Crippen LogP) is 4.15. The molecule has 3 aromatic rings. The van der Waals surface area contributed by atoms with Crippen LogP contribution in [0.5, 0.6) is 11.5 Å². The number of nitrogens with one attached hydrogen (secondary N) is 1. The van der Waals surface area contributed by atoms with Gasteiger partial charge in [0.1, 0.15) is 24.2 Å². The molecule has 2 aromatic carbocycles. The second kappa shape index (κ2) is 15.3. The highest BCUT2D eigenvalue weighted by Gasteiger charge is 2.44. The lowest BCUT2D eigenvalue weighted by Crippen LogP contribution is -2.51. The molecule has 256 valence electrons. The molecule has 14 heteroatoms. The molecule has 1 aromatic heterocycles. The van der Waals surface area contributed by atoms with Gasteiger partial charge in [0.05, 0.1) is 46.9 Å². The third-order valence-corrected chi connectivity index (χ3v) is 10.9. The van der Waals surface area contributed by atoms with Crippen LogP contribution in [0.3, 0.4) is 0 Å². The summed E-state index contributed by atoms with van der Waals surface area (Å²) in [5.74, 6) is 0.498. The number of aromatic nitrogens is 1. The maximum Gasteiger partial charge on any atom is 0.407 e. The highest BCUT2D eigenvalue weighted by molar-refractivity contribution is 7.89. The van der Waals surface area contributed by atoms with Gasteiger partial charge in [0.25, 0.3) is 0 Å². The lowest BCUT2D eigenvalue weighted by atomic mass is 10.0. The minimum Gasteiger partial charge on any atom is -0.508 e. The fraction of sp³-hybridized carbons (Fsp3) is 0.515. The van der Waals surface area contributed by atoms with Crippen LogP contribution >= 0.6 is 11.3 Å². The number of fused-ring (bicyclic) bond motifs is 1. The number of hydrogen-bond donors (Lipinski definition) is 3. The lowest BCUT2D eigenvalue weighted by Gasteiger charge is -2.31. The van der Waals surface area contributed by atoms with Crippen LogP contribution in [0.2, 0.25) is 0 Å². The number of phenolic OH excluding ortho intramolecular Hbond substituents is 1. The van der Waals surface area contributed by atoms with Gasteiger partial charge in [-0.2, -0.15) is 4.31 Å². The fourth-order valence-electron chi connectivity index (χ4n) is 5.71. The third-order valence-electron chi connectivity index (χ3n) is 8.21. The van der Waals surface area contributed by atoms with Crippen molar-refractivity contribution in [1.82, 2.24) is 14.6 Å². The summed E-state index contributed by atoms with van der Waals surface area (Å²) in [6, 6.07) is 10.4. The van der Waals surface area contributed by atoms with Crippen molar-refractivity contribution in [2.75, 3.05) is 26.3 Å². The highest BCUT2D eigenvalue weighted by atomic mass is 32.2. The van der Waals surface area contributed by atoms with Crippen molar-refractivity contribution in [2.24, 2.45) is 11.8 Å². The van der Waals surface area contributed by atoms with Gasteiger partial charge in [-0.15, -0.1) is 11.3 Å². The number of carbonyl (C=O) groups is 1. The maximum absolute atomic E-state index is 13.8. The molecule has 1 amide bonds. The zero-order valence-electron chi connectivity index (χ0n) is 27.0. The number of rotatable bonds is 14. The van der Waals surface area contributed by atoms with Crippen LogP contribution < -0.4 is 10.1 Å². The van der Waals surface area contributed by atoms with E-state index >= 15 is 0 Å². The zero-order valence-corrected chi connectivity index (χ0v) is 28.6. The first-order chi connectivity index (χ1) is 22.4. The quantitative estimate of drug-likeness (QED) is 0.225. The molecule has 12 nitrogen and oxygen atoms in total. The number of phenols is 1. The van der Waals surface area contributed by atoms with Crippen molar-refractivity contribution in [2.45, 2.75) is 76.6 Å². The summed E-state index contributed by atoms with van der Waals surface area (Å²) in [5.41, 5.74) is 2.04. The fourth-order valence-corrected chi connectivity index (χ4v) is 8.02. The Morgan fingerprint density at radius 1 is 1.15 bits per heavy atom. The van der Waals surface area contributed by atoms with Crippen LogP contribution in [-0.4, -0.2) is 84.9 Å². The van der Waals surface area contributed by atoms with Gasteiger partial charge in [-0.3, -0.25) is 0 Å². The SMILES string of the molecule is Cc1nc(COc2ccc(CC(NC(=O)OC3COC4OCCC34)C(O)CN(CC(C)C)S(=O)(=O)c3ccc(O)c(C)c3)cc2)cs1. The van der Waals surface area contributed by atoms with Gasteiger partial charge in [-0.25, -0.2) is 18.2 Å². The topological polar surface area (TPSA) is 157 Å². The molecule has 0 bridgehead atoms. The van der Waals surface area contributed by atoms with Crippen molar-refractivity contribution < 1.29 is 42.4 Å². The van der Waals surface area contributed by atoms with E-state index in [9.17, 15) is 23.4 Å². The normalized spacial score (nSPS) is 20.7. The molecule has 0 saturated carbocycles. The summed E-state index contributed by atoms with van der Waals surface area (Å²) < 4.78 is 51.5. The van der Waals surface area contributed by atoms with Crippen molar-refractivity contribution in [3.8, 4) is 11.5 Å². The number of aliphatic hydroxyl groups is 1. The Morgan fingerprint density at radius 3 is 2.60 bits per heavy atom. The number of aromatic hydroxyl groups is 1. The van der Waals surface area contributed by atoms with E-state index in [2.05, 4.69) is 10.3 Å². The molecule has 2 fully saturated rings. The Balaban J connectivity index is 1.32. The minimum absolute atomic E-state index is 0.00235. The smallest absolute Gasteiger partial charge is 0.407 e. The molecule has 5 atom stereocenters. The van der Waals surface area contributed by atoms with Crippen molar-refractivity contribution in [1.29, 1.82) is 0 Å². The van der Waals surface area contributed by atoms with E-state index in [4.69, 9.17) is 18.9 Å². The Bertz CT molecular complexity index is 1610. The van der Waals surface area contributed by atoms with Crippen molar-refractivity contribution in [3.63, 3.8) is 0 Å². The Labute approximate surface area is 279 Å². The van der Waals surface area contributed by atoms with E-state index in [1.54, 1.807) is 30.4 Å². The first-order valence-corrected chi connectivity index (χ1v) is 18.0. The van der Waals surface area contributed by atoms with E-state index in [0.717, 1.165) is 16.3 Å². The third kappa shape index (κ3) is 9.00. The van der Waals surface area contributed by atoms with Gasteiger partial charge in [-0.1, -0.05) is 26.0 Å². The average molecular weight is 690 g/mol. The highest BCUT2D eigenvalue weighted by Crippen LogP contribution is 2.33. The number of sulfonamides is 1. The summed E-state index contributed by atoms with van der Waals surface area (Å²) in [6.07, 6.45) is -2.03. The molecule has 0 aliphatic carbocycles. The molecular weight excluding hydrogens is 647 g/mol. The molecule has 2 saturated heterocycles. The van der Waals surface area contributed by atoms with Crippen molar-refractivity contribution in [3.05, 3.63) is 69.7 Å². The van der Waals surface area contributed by atoms with Gasteiger partial charge in [0.15, 0.2) is 6.29 Å². The molecule has 5 unspecified atom stereocenters. The van der Waals surface area contributed by atoms with E-state index < -0.39 is 40.7 Å². The number of amides is 1. The first-order valence-electron chi connectivity index (χ1n) is 15.7. The maximum atomic E-state index is 13.8. The van der Waals surface area contributed by atoms with Crippen LogP contribution in [0.4, 0.5) is 4.79 Å². The molecule has 0 spiro atoms. The lowest BCUT2D eigenvalue weighted by molar-refractivity contribution is -0.0907. The monoisotopic (exact) mass is 689 g/mol. The van der Waals surface area contributed by atoms with Crippen LogP contribution in [0, 0.1) is 25.7 Å². The number of aryl methyl sites for hydroxylation is 2. The molecule has 5 rings (SSSR count). The van der Waals surface area contributed by atoms with Gasteiger partial charge < -0.3 is 34.5 Å². The number of thiazole rings is 1. The number of ether oxygens (including phenoxy) is 4. The van der Waals surface area contributed by atoms with E-state index in [1.807, 2.05) is 38.3 Å². The number of hydrogen-bond acceptors (Lipinski definition) is 11. The standard InChI is InChI=1S/C33H43N3O9S2/c1-20(2)15-36(47(40,41)26-9-10-29(37)21(3)13-26)16-30(38)28(35-33(39)45-31-18-44-32-27(31)11-12-42-32)14-23-5-7-25(8-6-23)43-17-24-19-46-22(4)34-24/h5-10,13,19-20,27-28,30-32,37-38H,11-12,14-18H2,1-4H3,(H,35,39). The Kier molecular flexibility index (Phi) is 11.4. The summed E-state index contributed by atoms with van der Waals surface area (Å²) >= 11 is 1.55. The first kappa shape index (κ1) is 35.0. The number of benzene rings is 2. The van der Waals surface area contributed by atoms with Crippen LogP contribution in [-0.2, 0) is 37.3 Å². The summed E-state index contributed by atoms with van der Waals surface area (Å²) in [4.78, 5) is 17.6. The summed E-state index contributed by atoms with van der Waals surface area (Å²) in [6.45, 7) is 8.23. The molecule has 3 heterocycles. The van der Waals surface area contributed by atoms with Crippen LogP contribution in [0.15, 0.2) is 52.7 Å². The second-order valence-corrected chi connectivity index (χ2v) is 15.4. The van der Waals surface area contributed by atoms with E-state index in [0.29, 0.717) is 30.9 Å². The van der Waals surface area contributed by atoms with Gasteiger partial charge in [0, 0.05) is 18.5 Å². The van der Waals surface area contributed by atoms with Gasteiger partial charge in [0.2, 0.25) is 10.0 Å². The van der Waals surface area contributed by atoms with Gasteiger partial charge in [-0.05, 0) is 74.1 Å². The van der Waals surface area contributed by atoms with Crippen molar-refractivity contribution >= 4 is 27.5 Å². The second-order valence-electron chi connectivity index (χ2n) is 12.4. The molecule has 3 N–H and O–H groups in total. The molecule has 0 radical (unpaired) electrons. The zero-order chi connectivity index (χ0) is 33.7. The predicted molar refractivity (Wildman–Crippen MR) is 175 cm³/mol. The number of carbonyl (C=O) groups excluding carboxylic acids is 1. The number of aliphatic hydroxyl groups excluding tert-OH is 1. The summed E-state index contributed by atoms with van der Waals surface area (Å²) in [7, 11) is -4.06. The minimum atomic E-state index is -4.06. The van der Waals surface area contributed by atoms with Gasteiger partial charge >= 0.3 is 6.09 Å². The summed E-state index contributed by atoms with van der Waals surface area (Å²) in [5, 5.41) is 27.3. The number of nitrogens with zero attached hydrogens (tertiary/aromatic N) is 2. The molecule has 2 aliphatic rings. The Hall–Kier alpha value is -3.27. The largest absolute Gasteiger partial charge is 0.508 e. The van der Waals surface area contributed by atoms with E-state index in [-0.39, 0.29) is 48.6 Å². The van der Waals surface area contributed by atoms with Crippen LogP contribution in [0.1, 0.15) is 42.1 Å². The average Bonchev–Trinajstić information content (AvgIpc) is 3.76. The number of alkyl carbamates (subject to hydrolysis) is 1.